The molecule has 1 aromatic carbocycles. The summed E-state index contributed by atoms with van der Waals surface area (Å²) in [6.45, 7) is 2.50. The van der Waals surface area contributed by atoms with Crippen molar-refractivity contribution in [2.75, 3.05) is 13.1 Å². The molecule has 0 spiro atoms. The fraction of sp³-hybridized carbons (Fsp3) is 0.500. The van der Waals surface area contributed by atoms with E-state index in [0.717, 1.165) is 12.1 Å². The highest BCUT2D eigenvalue weighted by molar-refractivity contribution is 5.07. The van der Waals surface area contributed by atoms with Crippen LogP contribution in [-0.4, -0.2) is 13.1 Å². The number of benzene rings is 1. The molecule has 4 heteroatoms. The second-order valence-corrected chi connectivity index (χ2v) is 3.37. The van der Waals surface area contributed by atoms with Gasteiger partial charge >= 0.3 is 0 Å². The van der Waals surface area contributed by atoms with E-state index in [-0.39, 0.29) is 7.43 Å². The van der Waals surface area contributed by atoms with Crippen molar-refractivity contribution in [2.45, 2.75) is 26.7 Å². The van der Waals surface area contributed by atoms with Crippen molar-refractivity contribution >= 4 is 0 Å². The molecule has 92 valence electrons. The monoisotopic (exact) mass is 233 g/mol. The molecular formula is C12H18F3N. The van der Waals surface area contributed by atoms with E-state index in [9.17, 15) is 13.2 Å². The van der Waals surface area contributed by atoms with Crippen molar-refractivity contribution in [3.05, 3.63) is 35.7 Å². The lowest BCUT2D eigenvalue weighted by molar-refractivity contribution is 0.495. The molecule has 0 unspecified atom stereocenters. The summed E-state index contributed by atoms with van der Waals surface area (Å²) in [7, 11) is 0. The molecule has 1 aromatic rings. The van der Waals surface area contributed by atoms with Crippen LogP contribution in [0.2, 0.25) is 0 Å². The van der Waals surface area contributed by atoms with Crippen molar-refractivity contribution in [2.24, 2.45) is 0 Å². The Kier molecular flexibility index (Phi) is 7.64. The average Bonchev–Trinajstić information content (AvgIpc) is 2.27. The molecule has 0 aromatic heterocycles. The first kappa shape index (κ1) is 15.0. The summed E-state index contributed by atoms with van der Waals surface area (Å²) in [5.41, 5.74) is 0. The van der Waals surface area contributed by atoms with Gasteiger partial charge in [-0.25, -0.2) is 13.2 Å². The van der Waals surface area contributed by atoms with Gasteiger partial charge < -0.3 is 5.32 Å². The third-order valence-electron chi connectivity index (χ3n) is 2.09. The highest BCUT2D eigenvalue weighted by atomic mass is 19.2. The predicted molar refractivity (Wildman–Crippen MR) is 59.8 cm³/mol. The third kappa shape index (κ3) is 5.75. The molecule has 1 N–H and O–H groups in total. The Balaban J connectivity index is 0.000000283. The fourth-order valence-corrected chi connectivity index (χ4v) is 1.27. The Morgan fingerprint density at radius 1 is 0.875 bits per heavy atom. The lowest BCUT2D eigenvalue weighted by Gasteiger charge is -2.08. The van der Waals surface area contributed by atoms with Crippen molar-refractivity contribution in [3.8, 4) is 0 Å². The van der Waals surface area contributed by atoms with E-state index in [1.165, 1.54) is 32.4 Å². The maximum Gasteiger partial charge on any atom is 0.161 e. The van der Waals surface area contributed by atoms with Gasteiger partial charge in [-0.05, 0) is 38.1 Å². The number of hydrogen-bond donors (Lipinski definition) is 1. The van der Waals surface area contributed by atoms with Gasteiger partial charge in [-0.1, -0.05) is 13.8 Å². The molecule has 0 saturated carbocycles. The molecule has 0 aliphatic carbocycles. The summed E-state index contributed by atoms with van der Waals surface area (Å²) in [5, 5.41) is 3.28. The van der Waals surface area contributed by atoms with Gasteiger partial charge in [-0.2, -0.15) is 0 Å². The standard InChI is InChI=1S/C6H3F3.C5H11N.CH4/c7-4-1-2-5(8)6(9)3-4;1-2-4-6-5-3-1;/h1-3H;6H,1-5H2;1H4. The third-order valence-corrected chi connectivity index (χ3v) is 2.09. The summed E-state index contributed by atoms with van der Waals surface area (Å²) in [5.74, 6) is -2.96. The molecule has 1 heterocycles. The minimum atomic E-state index is -1.16. The Labute approximate surface area is 94.7 Å². The quantitative estimate of drug-likeness (QED) is 0.676. The highest BCUT2D eigenvalue weighted by Crippen LogP contribution is 2.05. The molecule has 1 aliphatic heterocycles. The van der Waals surface area contributed by atoms with Gasteiger partial charge in [-0.15, -0.1) is 0 Å². The lowest BCUT2D eigenvalue weighted by Crippen LogP contribution is -2.21. The maximum absolute atomic E-state index is 12.0. The van der Waals surface area contributed by atoms with Crippen LogP contribution in [-0.2, 0) is 0 Å². The van der Waals surface area contributed by atoms with E-state index >= 15 is 0 Å². The van der Waals surface area contributed by atoms with Crippen LogP contribution in [0.3, 0.4) is 0 Å². The summed E-state index contributed by atoms with van der Waals surface area (Å²) in [6.07, 6.45) is 4.22. The average molecular weight is 233 g/mol. The van der Waals surface area contributed by atoms with Crippen LogP contribution in [0.15, 0.2) is 18.2 Å². The SMILES string of the molecule is C.C1CCNCC1.Fc1ccc(F)c(F)c1. The van der Waals surface area contributed by atoms with Crippen molar-refractivity contribution in [1.82, 2.24) is 5.32 Å². The topological polar surface area (TPSA) is 12.0 Å². The zero-order valence-corrected chi connectivity index (χ0v) is 8.40. The van der Waals surface area contributed by atoms with E-state index in [2.05, 4.69) is 5.32 Å². The van der Waals surface area contributed by atoms with E-state index in [4.69, 9.17) is 0 Å². The summed E-state index contributed by atoms with van der Waals surface area (Å²) < 4.78 is 35.9. The van der Waals surface area contributed by atoms with Gasteiger partial charge in [0.05, 0.1) is 0 Å². The second kappa shape index (κ2) is 8.16. The van der Waals surface area contributed by atoms with Gasteiger partial charge in [0.15, 0.2) is 11.6 Å². The first-order valence-corrected chi connectivity index (χ1v) is 5.01. The van der Waals surface area contributed by atoms with E-state index < -0.39 is 17.5 Å². The van der Waals surface area contributed by atoms with Crippen LogP contribution >= 0.6 is 0 Å². The molecule has 0 bridgehead atoms. The van der Waals surface area contributed by atoms with E-state index in [1.807, 2.05) is 0 Å². The molecule has 0 amide bonds. The van der Waals surface area contributed by atoms with Gasteiger partial charge in [0.25, 0.3) is 0 Å². The van der Waals surface area contributed by atoms with Gasteiger partial charge in [0.1, 0.15) is 5.82 Å². The molecule has 0 atom stereocenters. The van der Waals surface area contributed by atoms with Crippen LogP contribution in [0.4, 0.5) is 13.2 Å². The lowest BCUT2D eigenvalue weighted by atomic mass is 10.2. The molecule has 16 heavy (non-hydrogen) atoms. The second-order valence-electron chi connectivity index (χ2n) is 3.37. The molecule has 1 nitrogen and oxygen atoms in total. The largest absolute Gasteiger partial charge is 0.317 e. The smallest absolute Gasteiger partial charge is 0.161 e. The zero-order chi connectivity index (χ0) is 11.1. The molecule has 1 saturated heterocycles. The number of piperidine rings is 1. The number of halogens is 3. The number of nitrogens with one attached hydrogen (secondary N) is 1. The molecule has 2 rings (SSSR count). The molecular weight excluding hydrogens is 215 g/mol. The molecule has 0 radical (unpaired) electrons. The van der Waals surface area contributed by atoms with Gasteiger partial charge in [0, 0.05) is 6.07 Å². The summed E-state index contributed by atoms with van der Waals surface area (Å²) >= 11 is 0. The van der Waals surface area contributed by atoms with Crippen molar-refractivity contribution in [1.29, 1.82) is 0 Å². The van der Waals surface area contributed by atoms with Crippen molar-refractivity contribution in [3.63, 3.8) is 0 Å². The van der Waals surface area contributed by atoms with E-state index in [1.54, 1.807) is 0 Å². The summed E-state index contributed by atoms with van der Waals surface area (Å²) in [6, 6.07) is 2.10. The van der Waals surface area contributed by atoms with Crippen molar-refractivity contribution < 1.29 is 13.2 Å². The minimum absolute atomic E-state index is 0. The normalized spacial score (nSPS) is 14.4. The highest BCUT2D eigenvalue weighted by Gasteiger charge is 1.99. The first-order valence-electron chi connectivity index (χ1n) is 5.01. The summed E-state index contributed by atoms with van der Waals surface area (Å²) in [4.78, 5) is 0. The Hall–Kier alpha value is -1.03. The molecule has 1 aliphatic rings. The van der Waals surface area contributed by atoms with Gasteiger partial charge in [-0.3, -0.25) is 0 Å². The van der Waals surface area contributed by atoms with Crippen LogP contribution in [0.5, 0.6) is 0 Å². The maximum atomic E-state index is 12.0. The van der Waals surface area contributed by atoms with Crippen LogP contribution in [0, 0.1) is 17.5 Å². The minimum Gasteiger partial charge on any atom is -0.317 e. The van der Waals surface area contributed by atoms with Crippen LogP contribution in [0.1, 0.15) is 26.7 Å². The number of hydrogen-bond acceptors (Lipinski definition) is 1. The van der Waals surface area contributed by atoms with Gasteiger partial charge in [0.2, 0.25) is 0 Å². The Morgan fingerprint density at radius 2 is 1.50 bits per heavy atom. The van der Waals surface area contributed by atoms with Crippen LogP contribution < -0.4 is 5.32 Å². The Bertz CT molecular complexity index is 287. The zero-order valence-electron chi connectivity index (χ0n) is 8.40. The predicted octanol–water partition coefficient (Wildman–Crippen LogP) is 3.50. The first-order chi connectivity index (χ1) is 7.20. The van der Waals surface area contributed by atoms with Crippen LogP contribution in [0.25, 0.3) is 0 Å². The van der Waals surface area contributed by atoms with E-state index in [0.29, 0.717) is 6.07 Å². The molecule has 1 fully saturated rings. The fourth-order valence-electron chi connectivity index (χ4n) is 1.27. The Morgan fingerprint density at radius 3 is 1.81 bits per heavy atom. The number of rotatable bonds is 0.